The van der Waals surface area contributed by atoms with Crippen molar-refractivity contribution in [1.82, 2.24) is 4.90 Å². The van der Waals surface area contributed by atoms with Crippen LogP contribution in [0.5, 0.6) is 5.75 Å². The highest BCUT2D eigenvalue weighted by Crippen LogP contribution is 2.44. The Morgan fingerprint density at radius 3 is 2.11 bits per heavy atom. The van der Waals surface area contributed by atoms with Crippen LogP contribution in [0.3, 0.4) is 0 Å². The summed E-state index contributed by atoms with van der Waals surface area (Å²) in [5, 5.41) is 10.7. The molecule has 1 heterocycles. The molecule has 0 amide bonds. The maximum Gasteiger partial charge on any atom is 0.118 e. The lowest BCUT2D eigenvalue weighted by atomic mass is 9.63. The number of ether oxygens (including phenoxy) is 1. The molecule has 1 aromatic carbocycles. The molecule has 2 rings (SSSR count). The first-order chi connectivity index (χ1) is 8.89. The molecule has 1 aliphatic heterocycles. The van der Waals surface area contributed by atoms with Crippen molar-refractivity contribution in [3.05, 3.63) is 29.8 Å². The quantitative estimate of drug-likeness (QED) is 0.909. The van der Waals surface area contributed by atoms with Crippen LogP contribution in [0.2, 0.25) is 0 Å². The summed E-state index contributed by atoms with van der Waals surface area (Å²) in [6.45, 7) is 5.91. The van der Waals surface area contributed by atoms with Gasteiger partial charge in [-0.2, -0.15) is 0 Å². The molecule has 3 heteroatoms. The Hall–Kier alpha value is -1.06. The minimum absolute atomic E-state index is 0.161. The van der Waals surface area contributed by atoms with E-state index in [9.17, 15) is 5.11 Å². The molecular formula is C16H25NO2. The van der Waals surface area contributed by atoms with Gasteiger partial charge in [-0.05, 0) is 64.5 Å². The normalized spacial score (nSPS) is 20.3. The van der Waals surface area contributed by atoms with Crippen molar-refractivity contribution in [3.63, 3.8) is 0 Å². The number of piperidine rings is 1. The highest BCUT2D eigenvalue weighted by molar-refractivity contribution is 5.35. The standard InChI is InChI=1S/C16H25NO2/c1-15(2,18)16(9-11-17(3)12-10-16)13-5-7-14(19-4)8-6-13/h5-8,18H,9-12H2,1-4H3. The number of benzene rings is 1. The maximum absolute atomic E-state index is 10.7. The van der Waals surface area contributed by atoms with Crippen molar-refractivity contribution in [2.24, 2.45) is 0 Å². The van der Waals surface area contributed by atoms with Crippen molar-refractivity contribution < 1.29 is 9.84 Å². The summed E-state index contributed by atoms with van der Waals surface area (Å²) in [6.07, 6.45) is 1.97. The Balaban J connectivity index is 2.37. The summed E-state index contributed by atoms with van der Waals surface area (Å²) in [5.74, 6) is 0.863. The number of hydrogen-bond acceptors (Lipinski definition) is 3. The van der Waals surface area contributed by atoms with Crippen LogP contribution in [0.4, 0.5) is 0 Å². The van der Waals surface area contributed by atoms with Crippen LogP contribution in [-0.4, -0.2) is 42.9 Å². The molecule has 0 radical (unpaired) electrons. The number of nitrogens with zero attached hydrogens (tertiary/aromatic N) is 1. The van der Waals surface area contributed by atoms with Crippen molar-refractivity contribution in [2.45, 2.75) is 37.7 Å². The van der Waals surface area contributed by atoms with E-state index < -0.39 is 5.60 Å². The lowest BCUT2D eigenvalue weighted by Gasteiger charge is -2.48. The van der Waals surface area contributed by atoms with Gasteiger partial charge in [0.25, 0.3) is 0 Å². The minimum atomic E-state index is -0.719. The highest BCUT2D eigenvalue weighted by atomic mass is 16.5. The fraction of sp³-hybridized carbons (Fsp3) is 0.625. The first-order valence-electron chi connectivity index (χ1n) is 6.94. The van der Waals surface area contributed by atoms with Crippen molar-refractivity contribution >= 4 is 0 Å². The monoisotopic (exact) mass is 263 g/mol. The molecule has 1 N–H and O–H groups in total. The molecule has 0 aliphatic carbocycles. The summed E-state index contributed by atoms with van der Waals surface area (Å²) >= 11 is 0. The Bertz CT molecular complexity index is 411. The second-order valence-electron chi connectivity index (χ2n) is 6.17. The van der Waals surface area contributed by atoms with Crippen molar-refractivity contribution in [1.29, 1.82) is 0 Å². The van der Waals surface area contributed by atoms with E-state index in [1.54, 1.807) is 7.11 Å². The molecule has 106 valence electrons. The lowest BCUT2D eigenvalue weighted by Crippen LogP contribution is -2.53. The molecule has 19 heavy (non-hydrogen) atoms. The smallest absolute Gasteiger partial charge is 0.118 e. The second kappa shape index (κ2) is 5.14. The lowest BCUT2D eigenvalue weighted by molar-refractivity contribution is -0.0362. The van der Waals surface area contributed by atoms with E-state index in [0.717, 1.165) is 31.7 Å². The van der Waals surface area contributed by atoms with Gasteiger partial charge in [-0.3, -0.25) is 0 Å². The first-order valence-corrected chi connectivity index (χ1v) is 6.94. The second-order valence-corrected chi connectivity index (χ2v) is 6.17. The van der Waals surface area contributed by atoms with Crippen LogP contribution in [0.1, 0.15) is 32.3 Å². The zero-order valence-electron chi connectivity index (χ0n) is 12.4. The largest absolute Gasteiger partial charge is 0.497 e. The van der Waals surface area contributed by atoms with Gasteiger partial charge in [0.05, 0.1) is 12.7 Å². The Kier molecular flexibility index (Phi) is 3.88. The molecule has 0 aromatic heterocycles. The Labute approximate surface area is 116 Å². The highest BCUT2D eigenvalue weighted by Gasteiger charge is 2.46. The van der Waals surface area contributed by atoms with Gasteiger partial charge < -0.3 is 14.7 Å². The van der Waals surface area contributed by atoms with Gasteiger partial charge in [0.1, 0.15) is 5.75 Å². The zero-order chi connectivity index (χ0) is 14.1. The zero-order valence-corrected chi connectivity index (χ0v) is 12.4. The van der Waals surface area contributed by atoms with E-state index in [4.69, 9.17) is 4.74 Å². The number of aliphatic hydroxyl groups is 1. The summed E-state index contributed by atoms with van der Waals surface area (Å²) < 4.78 is 5.22. The fourth-order valence-corrected chi connectivity index (χ4v) is 3.16. The number of rotatable bonds is 3. The van der Waals surface area contributed by atoms with Crippen molar-refractivity contribution in [3.8, 4) is 5.75 Å². The van der Waals surface area contributed by atoms with Gasteiger partial charge in [0.2, 0.25) is 0 Å². The number of hydrogen-bond donors (Lipinski definition) is 1. The van der Waals surface area contributed by atoms with Gasteiger partial charge in [0, 0.05) is 5.41 Å². The van der Waals surface area contributed by atoms with Crippen LogP contribution in [0, 0.1) is 0 Å². The molecule has 1 aliphatic rings. The molecule has 0 unspecified atom stereocenters. The van der Waals surface area contributed by atoms with Crippen LogP contribution in [0.25, 0.3) is 0 Å². The van der Waals surface area contributed by atoms with E-state index >= 15 is 0 Å². The molecule has 0 saturated carbocycles. The van der Waals surface area contributed by atoms with Crippen LogP contribution >= 0.6 is 0 Å². The predicted molar refractivity (Wildman–Crippen MR) is 77.7 cm³/mol. The van der Waals surface area contributed by atoms with Crippen LogP contribution in [-0.2, 0) is 5.41 Å². The summed E-state index contributed by atoms with van der Waals surface area (Å²) in [7, 11) is 3.82. The average molecular weight is 263 g/mol. The topological polar surface area (TPSA) is 32.7 Å². The van der Waals surface area contributed by atoms with Crippen molar-refractivity contribution in [2.75, 3.05) is 27.2 Å². The minimum Gasteiger partial charge on any atom is -0.497 e. The number of methoxy groups -OCH3 is 1. The van der Waals surface area contributed by atoms with E-state index in [1.165, 1.54) is 5.56 Å². The van der Waals surface area contributed by atoms with Gasteiger partial charge in [0.15, 0.2) is 0 Å². The predicted octanol–water partition coefficient (Wildman–Crippen LogP) is 2.43. The third-order valence-corrected chi connectivity index (χ3v) is 4.65. The molecule has 1 saturated heterocycles. The maximum atomic E-state index is 10.7. The third kappa shape index (κ3) is 2.63. The molecule has 0 spiro atoms. The average Bonchev–Trinajstić information content (AvgIpc) is 2.39. The van der Waals surface area contributed by atoms with Gasteiger partial charge in [-0.15, -0.1) is 0 Å². The van der Waals surface area contributed by atoms with E-state index in [1.807, 2.05) is 26.0 Å². The SMILES string of the molecule is COc1ccc(C2(C(C)(C)O)CCN(C)CC2)cc1. The summed E-state index contributed by atoms with van der Waals surface area (Å²) in [5.41, 5.74) is 0.336. The van der Waals surface area contributed by atoms with E-state index in [-0.39, 0.29) is 5.41 Å². The molecule has 3 nitrogen and oxygen atoms in total. The molecular weight excluding hydrogens is 238 g/mol. The van der Waals surface area contributed by atoms with E-state index in [2.05, 4.69) is 24.1 Å². The Morgan fingerprint density at radius 1 is 1.16 bits per heavy atom. The van der Waals surface area contributed by atoms with Gasteiger partial charge in [-0.25, -0.2) is 0 Å². The fourth-order valence-electron chi connectivity index (χ4n) is 3.16. The number of likely N-dealkylation sites (tertiary alicyclic amines) is 1. The summed E-state index contributed by atoms with van der Waals surface area (Å²) in [4.78, 5) is 2.33. The third-order valence-electron chi connectivity index (χ3n) is 4.65. The molecule has 0 atom stereocenters. The molecule has 0 bridgehead atoms. The van der Waals surface area contributed by atoms with Crippen LogP contribution < -0.4 is 4.74 Å². The van der Waals surface area contributed by atoms with Gasteiger partial charge in [-0.1, -0.05) is 12.1 Å². The molecule has 1 aromatic rings. The summed E-state index contributed by atoms with van der Waals surface area (Å²) in [6, 6.07) is 8.17. The van der Waals surface area contributed by atoms with Gasteiger partial charge >= 0.3 is 0 Å². The van der Waals surface area contributed by atoms with E-state index in [0.29, 0.717) is 0 Å². The van der Waals surface area contributed by atoms with Crippen LogP contribution in [0.15, 0.2) is 24.3 Å². The Morgan fingerprint density at radius 2 is 1.68 bits per heavy atom. The molecule has 1 fully saturated rings. The first kappa shape index (κ1) is 14.4.